The van der Waals surface area contributed by atoms with Crippen LogP contribution in [0.15, 0.2) is 18.2 Å². The molecule has 0 saturated heterocycles. The van der Waals surface area contributed by atoms with E-state index in [0.717, 1.165) is 5.92 Å². The Kier molecular flexibility index (Phi) is 3.53. The summed E-state index contributed by atoms with van der Waals surface area (Å²) >= 11 is 0. The van der Waals surface area contributed by atoms with Gasteiger partial charge in [0.05, 0.1) is 0 Å². The molecule has 0 atom stereocenters. The van der Waals surface area contributed by atoms with Gasteiger partial charge in [-0.1, -0.05) is 32.0 Å². The van der Waals surface area contributed by atoms with E-state index >= 15 is 0 Å². The smallest absolute Gasteiger partial charge is 0.0161 e. The molecule has 0 N–H and O–H groups in total. The standard InChI is InChI=1S/C11H14.C2H6/c1-8-3-4-11(7-9(8)2)10-5-6-10;1-2/h3-4,7,10H,5-6H2,1-2H3;1-2H3. The van der Waals surface area contributed by atoms with Gasteiger partial charge in [-0.3, -0.25) is 0 Å². The van der Waals surface area contributed by atoms with Crippen molar-refractivity contribution in [3.05, 3.63) is 34.9 Å². The molecule has 0 nitrogen and oxygen atoms in total. The number of benzene rings is 1. The molecule has 0 unspecified atom stereocenters. The predicted octanol–water partition coefficient (Wildman–Crippen LogP) is 4.21. The fourth-order valence-corrected chi connectivity index (χ4v) is 1.44. The van der Waals surface area contributed by atoms with Crippen LogP contribution in [0, 0.1) is 13.8 Å². The Bertz CT molecular complexity index is 269. The first-order valence-corrected chi connectivity index (χ1v) is 5.34. The Morgan fingerprint density at radius 1 is 1.00 bits per heavy atom. The maximum atomic E-state index is 2.34. The number of rotatable bonds is 1. The predicted molar refractivity (Wildman–Crippen MR) is 59.2 cm³/mol. The molecule has 0 heteroatoms. The molecule has 2 rings (SSSR count). The summed E-state index contributed by atoms with van der Waals surface area (Å²) in [6.45, 7) is 8.37. The second kappa shape index (κ2) is 4.45. The van der Waals surface area contributed by atoms with Gasteiger partial charge < -0.3 is 0 Å². The third-order valence-electron chi connectivity index (χ3n) is 2.58. The van der Waals surface area contributed by atoms with Crippen molar-refractivity contribution < 1.29 is 0 Å². The van der Waals surface area contributed by atoms with Gasteiger partial charge in [0.25, 0.3) is 0 Å². The molecule has 1 saturated carbocycles. The Morgan fingerprint density at radius 2 is 1.62 bits per heavy atom. The second-order valence-corrected chi connectivity index (χ2v) is 3.62. The molecule has 13 heavy (non-hydrogen) atoms. The quantitative estimate of drug-likeness (QED) is 0.601. The van der Waals surface area contributed by atoms with Gasteiger partial charge in [-0.25, -0.2) is 0 Å². The van der Waals surface area contributed by atoms with Crippen molar-refractivity contribution in [1.29, 1.82) is 0 Å². The molecule has 0 bridgehead atoms. The summed E-state index contributed by atoms with van der Waals surface area (Å²) in [6, 6.07) is 6.86. The van der Waals surface area contributed by atoms with E-state index in [1.807, 2.05) is 13.8 Å². The fraction of sp³-hybridized carbons (Fsp3) is 0.538. The fourth-order valence-electron chi connectivity index (χ4n) is 1.44. The molecule has 1 aliphatic carbocycles. The van der Waals surface area contributed by atoms with E-state index in [0.29, 0.717) is 0 Å². The lowest BCUT2D eigenvalue weighted by atomic mass is 10.0. The Balaban J connectivity index is 0.000000396. The topological polar surface area (TPSA) is 0 Å². The third-order valence-corrected chi connectivity index (χ3v) is 2.58. The van der Waals surface area contributed by atoms with Crippen LogP contribution < -0.4 is 0 Å². The van der Waals surface area contributed by atoms with Crippen LogP contribution >= 0.6 is 0 Å². The maximum absolute atomic E-state index is 2.34. The minimum atomic E-state index is 0.897. The monoisotopic (exact) mass is 176 g/mol. The molecule has 0 radical (unpaired) electrons. The van der Waals surface area contributed by atoms with E-state index in [-0.39, 0.29) is 0 Å². The Labute approximate surface area is 82.0 Å². The lowest BCUT2D eigenvalue weighted by Gasteiger charge is -2.02. The van der Waals surface area contributed by atoms with Crippen molar-refractivity contribution in [1.82, 2.24) is 0 Å². The molecule has 1 aliphatic rings. The van der Waals surface area contributed by atoms with Gasteiger partial charge in [0, 0.05) is 0 Å². The van der Waals surface area contributed by atoms with Crippen LogP contribution in [-0.4, -0.2) is 0 Å². The highest BCUT2D eigenvalue weighted by atomic mass is 14.3. The highest BCUT2D eigenvalue weighted by molar-refractivity contribution is 5.33. The van der Waals surface area contributed by atoms with Crippen molar-refractivity contribution in [2.75, 3.05) is 0 Å². The van der Waals surface area contributed by atoms with Crippen LogP contribution in [-0.2, 0) is 0 Å². The number of hydrogen-bond acceptors (Lipinski definition) is 0. The van der Waals surface area contributed by atoms with Crippen molar-refractivity contribution in [2.24, 2.45) is 0 Å². The zero-order valence-corrected chi connectivity index (χ0v) is 9.22. The van der Waals surface area contributed by atoms with Crippen LogP contribution in [0.3, 0.4) is 0 Å². The molecular formula is C13H20. The van der Waals surface area contributed by atoms with Gasteiger partial charge in [-0.05, 0) is 49.3 Å². The first kappa shape index (κ1) is 10.3. The summed E-state index contributed by atoms with van der Waals surface area (Å²) in [7, 11) is 0. The minimum Gasteiger partial charge on any atom is -0.0683 e. The van der Waals surface area contributed by atoms with Crippen LogP contribution in [0.5, 0.6) is 0 Å². The van der Waals surface area contributed by atoms with Crippen molar-refractivity contribution >= 4 is 0 Å². The highest BCUT2D eigenvalue weighted by Gasteiger charge is 2.23. The lowest BCUT2D eigenvalue weighted by molar-refractivity contribution is 1.11. The van der Waals surface area contributed by atoms with Gasteiger partial charge >= 0.3 is 0 Å². The first-order valence-electron chi connectivity index (χ1n) is 5.34. The number of hydrogen-bond donors (Lipinski definition) is 0. The summed E-state index contributed by atoms with van der Waals surface area (Å²) in [5.74, 6) is 0.897. The van der Waals surface area contributed by atoms with Crippen molar-refractivity contribution in [2.45, 2.75) is 46.5 Å². The molecule has 1 aromatic carbocycles. The van der Waals surface area contributed by atoms with E-state index < -0.39 is 0 Å². The average molecular weight is 176 g/mol. The first-order chi connectivity index (χ1) is 6.27. The molecule has 0 aromatic heterocycles. The van der Waals surface area contributed by atoms with Gasteiger partial charge in [0.15, 0.2) is 0 Å². The van der Waals surface area contributed by atoms with E-state index in [4.69, 9.17) is 0 Å². The van der Waals surface area contributed by atoms with Crippen molar-refractivity contribution in [3.8, 4) is 0 Å². The Hall–Kier alpha value is -0.780. The molecular weight excluding hydrogens is 156 g/mol. The van der Waals surface area contributed by atoms with E-state index in [9.17, 15) is 0 Å². The number of aryl methyl sites for hydroxylation is 2. The normalized spacial score (nSPS) is 14.8. The SMILES string of the molecule is CC.Cc1ccc(C2CC2)cc1C. The zero-order valence-electron chi connectivity index (χ0n) is 9.22. The molecule has 1 aromatic rings. The molecule has 72 valence electrons. The highest BCUT2D eigenvalue weighted by Crippen LogP contribution is 2.40. The molecule has 0 amide bonds. The zero-order chi connectivity index (χ0) is 9.84. The average Bonchev–Trinajstić information content (AvgIpc) is 2.96. The van der Waals surface area contributed by atoms with Gasteiger partial charge in [-0.2, -0.15) is 0 Å². The minimum absolute atomic E-state index is 0.897. The molecule has 0 aliphatic heterocycles. The van der Waals surface area contributed by atoms with Crippen LogP contribution in [0.25, 0.3) is 0 Å². The second-order valence-electron chi connectivity index (χ2n) is 3.62. The van der Waals surface area contributed by atoms with Gasteiger partial charge in [0.2, 0.25) is 0 Å². The molecule has 1 fully saturated rings. The van der Waals surface area contributed by atoms with Gasteiger partial charge in [0.1, 0.15) is 0 Å². The van der Waals surface area contributed by atoms with E-state index in [1.54, 1.807) is 5.56 Å². The maximum Gasteiger partial charge on any atom is -0.0161 e. The third kappa shape index (κ3) is 2.58. The summed E-state index contributed by atoms with van der Waals surface area (Å²) in [5.41, 5.74) is 4.40. The summed E-state index contributed by atoms with van der Waals surface area (Å²) in [4.78, 5) is 0. The summed E-state index contributed by atoms with van der Waals surface area (Å²) in [6.07, 6.45) is 2.81. The van der Waals surface area contributed by atoms with Crippen LogP contribution in [0.4, 0.5) is 0 Å². The van der Waals surface area contributed by atoms with Crippen molar-refractivity contribution in [3.63, 3.8) is 0 Å². The summed E-state index contributed by atoms with van der Waals surface area (Å²) in [5, 5.41) is 0. The van der Waals surface area contributed by atoms with E-state index in [2.05, 4.69) is 32.0 Å². The van der Waals surface area contributed by atoms with Gasteiger partial charge in [-0.15, -0.1) is 0 Å². The molecule has 0 spiro atoms. The van der Waals surface area contributed by atoms with Crippen LogP contribution in [0.1, 0.15) is 49.3 Å². The summed E-state index contributed by atoms with van der Waals surface area (Å²) < 4.78 is 0. The lowest BCUT2D eigenvalue weighted by Crippen LogP contribution is -1.84. The molecule has 0 heterocycles. The Morgan fingerprint density at radius 3 is 2.08 bits per heavy atom. The van der Waals surface area contributed by atoms with E-state index in [1.165, 1.54) is 24.0 Å². The van der Waals surface area contributed by atoms with Crippen LogP contribution in [0.2, 0.25) is 0 Å². The largest absolute Gasteiger partial charge is 0.0683 e.